The van der Waals surface area contributed by atoms with E-state index in [0.717, 1.165) is 5.69 Å². The maximum absolute atomic E-state index is 12.4. The lowest BCUT2D eigenvalue weighted by Gasteiger charge is -2.08. The van der Waals surface area contributed by atoms with Gasteiger partial charge in [-0.05, 0) is 38.1 Å². The van der Waals surface area contributed by atoms with Gasteiger partial charge in [0.05, 0.1) is 12.2 Å². The monoisotopic (exact) mass is 329 g/mol. The molecular formula is C16H19N5O3. The molecule has 126 valence electrons. The predicted octanol–water partition coefficient (Wildman–Crippen LogP) is 0.679. The molecule has 0 spiro atoms. The van der Waals surface area contributed by atoms with E-state index < -0.39 is 11.8 Å². The quantitative estimate of drug-likeness (QED) is 0.722. The van der Waals surface area contributed by atoms with Crippen molar-refractivity contribution in [3.8, 4) is 0 Å². The van der Waals surface area contributed by atoms with Gasteiger partial charge in [-0.2, -0.15) is 5.10 Å². The van der Waals surface area contributed by atoms with E-state index in [4.69, 9.17) is 5.73 Å². The highest BCUT2D eigenvalue weighted by molar-refractivity contribution is 6.04. The highest BCUT2D eigenvalue weighted by atomic mass is 16.2. The van der Waals surface area contributed by atoms with E-state index in [0.29, 0.717) is 23.5 Å². The van der Waals surface area contributed by atoms with Crippen molar-refractivity contribution < 1.29 is 14.4 Å². The van der Waals surface area contributed by atoms with Crippen LogP contribution < -0.4 is 16.4 Å². The fraction of sp³-hybridized carbons (Fsp3) is 0.250. The lowest BCUT2D eigenvalue weighted by atomic mass is 10.2. The Hall–Kier alpha value is -3.16. The SMILES string of the molecule is CCn1nc(C)cc1C(=O)Nc1cccc(C(=O)NCC(N)=O)c1. The standard InChI is InChI=1S/C16H19N5O3/c1-3-21-13(7-10(2)20-21)16(24)19-12-6-4-5-11(8-12)15(23)18-9-14(17)22/h4-8H,3,9H2,1-2H3,(H2,17,22)(H,18,23)(H,19,24). The second-order valence-corrected chi connectivity index (χ2v) is 5.17. The summed E-state index contributed by atoms with van der Waals surface area (Å²) in [5.74, 6) is -1.39. The number of amides is 3. The van der Waals surface area contributed by atoms with Crippen LogP contribution >= 0.6 is 0 Å². The van der Waals surface area contributed by atoms with E-state index >= 15 is 0 Å². The Balaban J connectivity index is 2.12. The fourth-order valence-electron chi connectivity index (χ4n) is 2.17. The molecule has 2 rings (SSSR count). The summed E-state index contributed by atoms with van der Waals surface area (Å²) < 4.78 is 1.61. The predicted molar refractivity (Wildman–Crippen MR) is 88.6 cm³/mol. The molecule has 0 fully saturated rings. The van der Waals surface area contributed by atoms with E-state index in [1.807, 2.05) is 13.8 Å². The van der Waals surface area contributed by atoms with E-state index in [2.05, 4.69) is 15.7 Å². The van der Waals surface area contributed by atoms with Crippen LogP contribution in [-0.4, -0.2) is 34.0 Å². The zero-order valence-corrected chi connectivity index (χ0v) is 13.5. The van der Waals surface area contributed by atoms with Crippen LogP contribution in [0.4, 0.5) is 5.69 Å². The molecule has 0 aliphatic heterocycles. The molecule has 4 N–H and O–H groups in total. The van der Waals surface area contributed by atoms with Crippen molar-refractivity contribution in [1.82, 2.24) is 15.1 Å². The molecule has 0 aliphatic carbocycles. The van der Waals surface area contributed by atoms with Gasteiger partial charge in [0.2, 0.25) is 5.91 Å². The number of anilines is 1. The first-order chi connectivity index (χ1) is 11.4. The van der Waals surface area contributed by atoms with Gasteiger partial charge in [-0.15, -0.1) is 0 Å². The molecule has 8 nitrogen and oxygen atoms in total. The Bertz CT molecular complexity index is 782. The van der Waals surface area contributed by atoms with Crippen molar-refractivity contribution in [3.05, 3.63) is 47.3 Å². The first-order valence-electron chi connectivity index (χ1n) is 7.43. The van der Waals surface area contributed by atoms with Crippen LogP contribution in [0.25, 0.3) is 0 Å². The normalized spacial score (nSPS) is 10.2. The number of carbonyl (C=O) groups is 3. The maximum Gasteiger partial charge on any atom is 0.273 e. The minimum Gasteiger partial charge on any atom is -0.368 e. The van der Waals surface area contributed by atoms with Crippen molar-refractivity contribution in [3.63, 3.8) is 0 Å². The van der Waals surface area contributed by atoms with Gasteiger partial charge in [0.25, 0.3) is 11.8 Å². The molecule has 0 radical (unpaired) electrons. The molecule has 1 aromatic carbocycles. The number of hydrogen-bond donors (Lipinski definition) is 3. The molecule has 0 bridgehead atoms. The lowest BCUT2D eigenvalue weighted by molar-refractivity contribution is -0.117. The topological polar surface area (TPSA) is 119 Å². The first kappa shape index (κ1) is 17.2. The summed E-state index contributed by atoms with van der Waals surface area (Å²) in [5, 5.41) is 9.35. The van der Waals surface area contributed by atoms with Crippen LogP contribution in [0.2, 0.25) is 0 Å². The maximum atomic E-state index is 12.4. The zero-order chi connectivity index (χ0) is 17.7. The molecule has 1 heterocycles. The molecule has 0 unspecified atom stereocenters. The minimum absolute atomic E-state index is 0.246. The Kier molecular flexibility index (Phi) is 5.31. The molecule has 0 saturated carbocycles. The third kappa shape index (κ3) is 4.19. The van der Waals surface area contributed by atoms with E-state index in [1.165, 1.54) is 6.07 Å². The Morgan fingerprint density at radius 1 is 1.21 bits per heavy atom. The largest absolute Gasteiger partial charge is 0.368 e. The Labute approximate surface area is 139 Å². The highest BCUT2D eigenvalue weighted by Gasteiger charge is 2.14. The molecule has 3 amide bonds. The van der Waals surface area contributed by atoms with Crippen LogP contribution in [-0.2, 0) is 11.3 Å². The number of aryl methyl sites for hydroxylation is 2. The molecule has 0 aliphatic rings. The smallest absolute Gasteiger partial charge is 0.273 e. The number of primary amides is 1. The molecule has 2 aromatic rings. The summed E-state index contributed by atoms with van der Waals surface area (Å²) >= 11 is 0. The van der Waals surface area contributed by atoms with Crippen LogP contribution in [0.5, 0.6) is 0 Å². The van der Waals surface area contributed by atoms with Gasteiger partial charge < -0.3 is 16.4 Å². The molecular weight excluding hydrogens is 310 g/mol. The van der Waals surface area contributed by atoms with Gasteiger partial charge in [0.1, 0.15) is 5.69 Å². The Morgan fingerprint density at radius 3 is 2.62 bits per heavy atom. The van der Waals surface area contributed by atoms with Gasteiger partial charge in [-0.3, -0.25) is 19.1 Å². The second-order valence-electron chi connectivity index (χ2n) is 5.17. The number of aromatic nitrogens is 2. The number of nitrogens with zero attached hydrogens (tertiary/aromatic N) is 2. The van der Waals surface area contributed by atoms with Crippen LogP contribution in [0.1, 0.15) is 33.5 Å². The third-order valence-corrected chi connectivity index (χ3v) is 3.24. The summed E-state index contributed by atoms with van der Waals surface area (Å²) in [5.41, 5.74) is 6.96. The summed E-state index contributed by atoms with van der Waals surface area (Å²) in [7, 11) is 0. The number of hydrogen-bond acceptors (Lipinski definition) is 4. The van der Waals surface area contributed by atoms with Gasteiger partial charge >= 0.3 is 0 Å². The van der Waals surface area contributed by atoms with E-state index in [9.17, 15) is 14.4 Å². The zero-order valence-electron chi connectivity index (χ0n) is 13.5. The average molecular weight is 329 g/mol. The van der Waals surface area contributed by atoms with Crippen LogP contribution in [0.3, 0.4) is 0 Å². The van der Waals surface area contributed by atoms with Gasteiger partial charge in [-0.1, -0.05) is 6.07 Å². The molecule has 1 aromatic heterocycles. The summed E-state index contributed by atoms with van der Waals surface area (Å²) in [6.45, 7) is 4.04. The number of rotatable bonds is 6. The average Bonchev–Trinajstić information content (AvgIpc) is 2.94. The van der Waals surface area contributed by atoms with Crippen molar-refractivity contribution in [2.45, 2.75) is 20.4 Å². The first-order valence-corrected chi connectivity index (χ1v) is 7.43. The van der Waals surface area contributed by atoms with Gasteiger partial charge in [0.15, 0.2) is 0 Å². The highest BCUT2D eigenvalue weighted by Crippen LogP contribution is 2.13. The summed E-state index contributed by atoms with van der Waals surface area (Å²) in [6.07, 6.45) is 0. The van der Waals surface area contributed by atoms with Crippen molar-refractivity contribution in [1.29, 1.82) is 0 Å². The number of nitrogens with one attached hydrogen (secondary N) is 2. The molecule has 24 heavy (non-hydrogen) atoms. The summed E-state index contributed by atoms with van der Waals surface area (Å²) in [4.78, 5) is 35.0. The molecule has 0 saturated heterocycles. The van der Waals surface area contributed by atoms with Crippen LogP contribution in [0.15, 0.2) is 30.3 Å². The van der Waals surface area contributed by atoms with Gasteiger partial charge in [-0.25, -0.2) is 0 Å². The molecule has 8 heteroatoms. The molecule has 0 atom stereocenters. The van der Waals surface area contributed by atoms with Crippen molar-refractivity contribution in [2.24, 2.45) is 5.73 Å². The third-order valence-electron chi connectivity index (χ3n) is 3.24. The number of benzene rings is 1. The summed E-state index contributed by atoms with van der Waals surface area (Å²) in [6, 6.07) is 8.10. The Morgan fingerprint density at radius 2 is 1.96 bits per heavy atom. The fourth-order valence-corrected chi connectivity index (χ4v) is 2.17. The minimum atomic E-state index is -0.629. The van der Waals surface area contributed by atoms with E-state index in [-0.39, 0.29) is 12.5 Å². The number of carbonyl (C=O) groups excluding carboxylic acids is 3. The lowest BCUT2D eigenvalue weighted by Crippen LogP contribution is -2.33. The van der Waals surface area contributed by atoms with Crippen LogP contribution in [0, 0.1) is 6.92 Å². The van der Waals surface area contributed by atoms with Crippen molar-refractivity contribution in [2.75, 3.05) is 11.9 Å². The van der Waals surface area contributed by atoms with Gasteiger partial charge in [0, 0.05) is 17.8 Å². The second kappa shape index (κ2) is 7.40. The van der Waals surface area contributed by atoms with Crippen molar-refractivity contribution >= 4 is 23.4 Å². The number of nitrogens with two attached hydrogens (primary N) is 1. The van der Waals surface area contributed by atoms with E-state index in [1.54, 1.807) is 28.9 Å².